The second-order valence-electron chi connectivity index (χ2n) is 14.9. The van der Waals surface area contributed by atoms with Gasteiger partial charge in [-0.2, -0.15) is 0 Å². The SMILES string of the molecule is CCCCCC/C=C/CCCCCCCCCCCC(=O)OC[C@H](COP(=O)(O)OC[C@H](N)C(=O)O)OC(=O)/C=C/C=C/CCCCCCCCCCCCC. The Hall–Kier alpha value is -2.30. The maximum Gasteiger partial charge on any atom is 0.472 e. The zero-order chi connectivity index (χ0) is 41.4. The number of allylic oxidation sites excluding steroid dienone is 5. The van der Waals surface area contributed by atoms with Crippen molar-refractivity contribution in [3.8, 4) is 0 Å². The third-order valence-electron chi connectivity index (χ3n) is 9.47. The monoisotopic (exact) mass is 814 g/mol. The highest BCUT2D eigenvalue weighted by atomic mass is 31.2. The van der Waals surface area contributed by atoms with Gasteiger partial charge in [-0.05, 0) is 44.9 Å². The summed E-state index contributed by atoms with van der Waals surface area (Å²) in [5.41, 5.74) is 5.32. The predicted molar refractivity (Wildman–Crippen MR) is 226 cm³/mol. The van der Waals surface area contributed by atoms with Gasteiger partial charge >= 0.3 is 25.7 Å². The Labute approximate surface area is 340 Å². The van der Waals surface area contributed by atoms with Crippen molar-refractivity contribution in [2.45, 2.75) is 206 Å². The Bertz CT molecular complexity index is 1100. The molecule has 0 radical (unpaired) electrons. The van der Waals surface area contributed by atoms with E-state index < -0.39 is 57.7 Å². The zero-order valence-electron chi connectivity index (χ0n) is 35.2. The molecule has 56 heavy (non-hydrogen) atoms. The van der Waals surface area contributed by atoms with Gasteiger partial charge in [0.15, 0.2) is 6.10 Å². The Morgan fingerprint density at radius 2 is 1.02 bits per heavy atom. The number of carbonyl (C=O) groups is 3. The Balaban J connectivity index is 4.43. The van der Waals surface area contributed by atoms with Gasteiger partial charge in [-0.15, -0.1) is 0 Å². The van der Waals surface area contributed by atoms with Crippen molar-refractivity contribution in [2.24, 2.45) is 5.73 Å². The Kier molecular flexibility index (Phi) is 37.9. The summed E-state index contributed by atoms with van der Waals surface area (Å²) >= 11 is 0. The van der Waals surface area contributed by atoms with Gasteiger partial charge in [0.1, 0.15) is 12.6 Å². The fraction of sp³-hybridized carbons (Fsp3) is 0.795. The molecule has 1 unspecified atom stereocenters. The number of nitrogens with two attached hydrogens (primary N) is 1. The summed E-state index contributed by atoms with van der Waals surface area (Å²) in [6.07, 6.45) is 42.7. The molecule has 0 aliphatic heterocycles. The normalized spacial score (nSPS) is 14.1. The lowest BCUT2D eigenvalue weighted by atomic mass is 10.1. The van der Waals surface area contributed by atoms with Crippen molar-refractivity contribution < 1.29 is 47.5 Å². The molecule has 0 saturated carbocycles. The largest absolute Gasteiger partial charge is 0.480 e. The second-order valence-corrected chi connectivity index (χ2v) is 16.4. The first kappa shape index (κ1) is 53.7. The fourth-order valence-corrected chi connectivity index (χ4v) is 6.75. The first-order valence-electron chi connectivity index (χ1n) is 22.1. The number of aliphatic carboxylic acids is 1. The highest BCUT2D eigenvalue weighted by molar-refractivity contribution is 7.47. The van der Waals surface area contributed by atoms with E-state index in [0.29, 0.717) is 6.42 Å². The summed E-state index contributed by atoms with van der Waals surface area (Å²) in [6, 6.07) is -1.53. The van der Waals surface area contributed by atoms with Gasteiger partial charge in [-0.25, -0.2) is 9.36 Å². The maximum absolute atomic E-state index is 12.5. The number of rotatable bonds is 41. The van der Waals surface area contributed by atoms with Crippen LogP contribution in [-0.4, -0.2) is 59.9 Å². The summed E-state index contributed by atoms with van der Waals surface area (Å²) in [4.78, 5) is 45.8. The molecule has 0 amide bonds. The van der Waals surface area contributed by atoms with Crippen LogP contribution in [0.1, 0.15) is 194 Å². The van der Waals surface area contributed by atoms with E-state index in [-0.39, 0.29) is 6.42 Å². The van der Waals surface area contributed by atoms with Gasteiger partial charge in [0, 0.05) is 12.5 Å². The average Bonchev–Trinajstić information content (AvgIpc) is 3.17. The van der Waals surface area contributed by atoms with E-state index in [1.165, 1.54) is 141 Å². The molecule has 12 heteroatoms. The minimum atomic E-state index is -4.74. The van der Waals surface area contributed by atoms with E-state index in [1.54, 1.807) is 12.2 Å². The lowest BCUT2D eigenvalue weighted by molar-refractivity contribution is -0.157. The van der Waals surface area contributed by atoms with Crippen LogP contribution in [0.15, 0.2) is 36.5 Å². The van der Waals surface area contributed by atoms with Crippen LogP contribution in [-0.2, 0) is 37.5 Å². The maximum atomic E-state index is 12.5. The molecule has 0 aromatic carbocycles. The van der Waals surface area contributed by atoms with Gasteiger partial charge in [0.25, 0.3) is 0 Å². The predicted octanol–water partition coefficient (Wildman–Crippen LogP) is 11.6. The van der Waals surface area contributed by atoms with Crippen molar-refractivity contribution in [1.82, 2.24) is 0 Å². The van der Waals surface area contributed by atoms with Crippen molar-refractivity contribution >= 4 is 25.7 Å². The van der Waals surface area contributed by atoms with E-state index in [0.717, 1.165) is 32.1 Å². The van der Waals surface area contributed by atoms with E-state index >= 15 is 0 Å². The molecule has 0 aromatic heterocycles. The number of carboxylic acid groups (broad SMARTS) is 1. The van der Waals surface area contributed by atoms with Gasteiger partial charge in [0.05, 0.1) is 13.2 Å². The average molecular weight is 814 g/mol. The van der Waals surface area contributed by atoms with Gasteiger partial charge in [-0.3, -0.25) is 18.6 Å². The van der Waals surface area contributed by atoms with Gasteiger partial charge in [0.2, 0.25) is 0 Å². The lowest BCUT2D eigenvalue weighted by Gasteiger charge is -2.19. The summed E-state index contributed by atoms with van der Waals surface area (Å²) in [6.45, 7) is 2.68. The van der Waals surface area contributed by atoms with Crippen LogP contribution in [0, 0.1) is 0 Å². The minimum absolute atomic E-state index is 0.201. The topological polar surface area (TPSA) is 172 Å². The smallest absolute Gasteiger partial charge is 0.472 e. The number of carboxylic acids is 1. The molecular formula is C44H80NO10P. The Morgan fingerprint density at radius 1 is 0.589 bits per heavy atom. The molecule has 0 aromatic rings. The number of esters is 2. The number of unbranched alkanes of at least 4 members (excludes halogenated alkanes) is 24. The molecule has 3 atom stereocenters. The van der Waals surface area contributed by atoms with Gasteiger partial charge in [-0.1, -0.05) is 173 Å². The molecule has 4 N–H and O–H groups in total. The first-order chi connectivity index (χ1) is 27.1. The number of hydrogen-bond donors (Lipinski definition) is 3. The van der Waals surface area contributed by atoms with Crippen LogP contribution >= 0.6 is 7.82 Å². The van der Waals surface area contributed by atoms with Crippen molar-refractivity contribution in [1.29, 1.82) is 0 Å². The molecular weight excluding hydrogens is 733 g/mol. The quantitative estimate of drug-likeness (QED) is 0.0134. The summed E-state index contributed by atoms with van der Waals surface area (Å²) in [5.74, 6) is -2.64. The third-order valence-corrected chi connectivity index (χ3v) is 10.4. The highest BCUT2D eigenvalue weighted by Crippen LogP contribution is 2.43. The van der Waals surface area contributed by atoms with Crippen molar-refractivity contribution in [3.05, 3.63) is 36.5 Å². The molecule has 0 saturated heterocycles. The molecule has 0 rings (SSSR count). The summed E-state index contributed by atoms with van der Waals surface area (Å²) in [5, 5.41) is 8.88. The highest BCUT2D eigenvalue weighted by Gasteiger charge is 2.27. The van der Waals surface area contributed by atoms with E-state index in [1.807, 2.05) is 6.08 Å². The number of phosphoric acid groups is 1. The van der Waals surface area contributed by atoms with Crippen LogP contribution in [0.3, 0.4) is 0 Å². The fourth-order valence-electron chi connectivity index (χ4n) is 5.97. The third kappa shape index (κ3) is 38.6. The molecule has 0 aliphatic rings. The molecule has 0 heterocycles. The molecule has 11 nitrogen and oxygen atoms in total. The van der Waals surface area contributed by atoms with Crippen LogP contribution in [0.2, 0.25) is 0 Å². The molecule has 0 spiro atoms. The summed E-state index contributed by atoms with van der Waals surface area (Å²) in [7, 11) is -4.74. The lowest BCUT2D eigenvalue weighted by Crippen LogP contribution is -2.34. The minimum Gasteiger partial charge on any atom is -0.480 e. The van der Waals surface area contributed by atoms with Crippen LogP contribution in [0.25, 0.3) is 0 Å². The molecule has 326 valence electrons. The van der Waals surface area contributed by atoms with Crippen LogP contribution in [0.5, 0.6) is 0 Å². The number of hydrogen-bond acceptors (Lipinski definition) is 9. The Morgan fingerprint density at radius 3 is 1.52 bits per heavy atom. The first-order valence-corrected chi connectivity index (χ1v) is 23.6. The zero-order valence-corrected chi connectivity index (χ0v) is 36.1. The number of ether oxygens (including phenoxy) is 2. The molecule has 0 bridgehead atoms. The van der Waals surface area contributed by atoms with Crippen LogP contribution in [0.4, 0.5) is 0 Å². The van der Waals surface area contributed by atoms with Gasteiger partial charge < -0.3 is 25.2 Å². The van der Waals surface area contributed by atoms with E-state index in [4.69, 9.17) is 24.8 Å². The number of phosphoric ester groups is 1. The summed E-state index contributed by atoms with van der Waals surface area (Å²) < 4.78 is 32.5. The van der Waals surface area contributed by atoms with Crippen LogP contribution < -0.4 is 5.73 Å². The van der Waals surface area contributed by atoms with E-state index in [2.05, 4.69) is 30.5 Å². The molecule has 0 aliphatic carbocycles. The molecule has 0 fully saturated rings. The van der Waals surface area contributed by atoms with Crippen molar-refractivity contribution in [3.63, 3.8) is 0 Å². The second kappa shape index (κ2) is 39.5. The standard InChI is InChI=1S/C44H80NO10P/c1-3-5-7-9-11-13-15-17-19-20-22-23-25-27-29-31-33-35-42(46)52-37-40(38-53-56(50,51)54-39-41(45)44(48)49)55-43(47)36-34-32-30-28-26-24-21-18-16-14-12-10-8-6-4-2/h13,15,30,32,34,36,40-41H,3-12,14,16-29,31,33,35,37-39,45H2,1-2H3,(H,48,49)(H,50,51)/b15-13+,32-30+,36-34+/t40-,41+/m1/s1. The van der Waals surface area contributed by atoms with Crippen molar-refractivity contribution in [2.75, 3.05) is 19.8 Å². The number of carbonyl (C=O) groups excluding carboxylic acids is 2. The van der Waals surface area contributed by atoms with E-state index in [9.17, 15) is 23.8 Å².